The molecule has 3 rings (SSSR count). The van der Waals surface area contributed by atoms with E-state index in [9.17, 15) is 18.4 Å². The highest BCUT2D eigenvalue weighted by Gasteiger charge is 2.43. The number of aromatic nitrogens is 1. The van der Waals surface area contributed by atoms with Gasteiger partial charge in [-0.3, -0.25) is 4.79 Å². The van der Waals surface area contributed by atoms with Gasteiger partial charge in [-0.05, 0) is 12.1 Å². The van der Waals surface area contributed by atoms with E-state index in [0.717, 1.165) is 12.3 Å². The lowest BCUT2D eigenvalue weighted by molar-refractivity contribution is -0.286. The molecular weight excluding hydrogens is 433 g/mol. The third kappa shape index (κ3) is 4.32. The third-order valence-electron chi connectivity index (χ3n) is 3.13. The van der Waals surface area contributed by atoms with Crippen LogP contribution in [0.3, 0.4) is 0 Å². The topological polar surface area (TPSA) is 86.8 Å². The Hall–Kier alpha value is -2.36. The Kier molecular flexibility index (Phi) is 5.27. The molecule has 0 saturated carbocycles. The summed E-state index contributed by atoms with van der Waals surface area (Å²) in [5, 5.41) is 2.09. The number of anilines is 1. The predicted molar refractivity (Wildman–Crippen MR) is 90.8 cm³/mol. The monoisotopic (exact) mass is 438 g/mol. The van der Waals surface area contributed by atoms with Crippen molar-refractivity contribution in [3.63, 3.8) is 0 Å². The zero-order valence-corrected chi connectivity index (χ0v) is 15.2. The van der Waals surface area contributed by atoms with Gasteiger partial charge in [0.2, 0.25) is 0 Å². The Morgan fingerprint density at radius 3 is 2.59 bits per heavy atom. The van der Waals surface area contributed by atoms with Crippen LogP contribution in [0.15, 0.2) is 24.4 Å². The van der Waals surface area contributed by atoms with E-state index in [1.54, 1.807) is 0 Å². The Morgan fingerprint density at radius 1 is 1.15 bits per heavy atom. The van der Waals surface area contributed by atoms with Crippen LogP contribution in [0, 0.1) is 0 Å². The van der Waals surface area contributed by atoms with Crippen molar-refractivity contribution < 1.29 is 32.6 Å². The lowest BCUT2D eigenvalue weighted by Gasteiger charge is -2.08. The molecule has 0 unspecified atom stereocenters. The number of carbonyl (C=O) groups excluding carboxylic acids is 2. The summed E-state index contributed by atoms with van der Waals surface area (Å²) in [7, 11) is 0. The summed E-state index contributed by atoms with van der Waals surface area (Å²) < 4.78 is 39.2. The zero-order valence-electron chi connectivity index (χ0n) is 12.9. The summed E-state index contributed by atoms with van der Waals surface area (Å²) in [6, 6.07) is 3.63. The minimum absolute atomic E-state index is 0.0457. The summed E-state index contributed by atoms with van der Waals surface area (Å²) in [5.74, 6) is -2.17. The lowest BCUT2D eigenvalue weighted by atomic mass is 10.3. The Balaban J connectivity index is 1.59. The van der Waals surface area contributed by atoms with E-state index < -0.39 is 24.8 Å². The van der Waals surface area contributed by atoms with Gasteiger partial charge in [0.25, 0.3) is 5.91 Å². The van der Waals surface area contributed by atoms with E-state index in [2.05, 4.69) is 19.8 Å². The van der Waals surface area contributed by atoms with Gasteiger partial charge in [0.05, 0.1) is 15.1 Å². The summed E-state index contributed by atoms with van der Waals surface area (Å²) in [5.41, 5.74) is -0.189. The minimum Gasteiger partial charge on any atom is -0.451 e. The Bertz CT molecular complexity index is 942. The second kappa shape index (κ2) is 7.34. The van der Waals surface area contributed by atoms with Gasteiger partial charge in [-0.25, -0.2) is 9.78 Å². The number of fused-ring (bicyclic) bond motifs is 1. The second-order valence-corrected chi connectivity index (χ2v) is 6.20. The molecule has 7 nitrogen and oxygen atoms in total. The maximum absolute atomic E-state index is 13.0. The van der Waals surface area contributed by atoms with Crippen molar-refractivity contribution in [3.05, 3.63) is 45.2 Å². The molecule has 1 amide bonds. The molecule has 0 spiro atoms. The molecule has 0 aliphatic carbocycles. The highest BCUT2D eigenvalue weighted by molar-refractivity contribution is 6.48. The van der Waals surface area contributed by atoms with Crippen molar-refractivity contribution >= 4 is 52.4 Å². The lowest BCUT2D eigenvalue weighted by Crippen LogP contribution is -2.25. The molecule has 1 aromatic heterocycles. The van der Waals surface area contributed by atoms with E-state index in [1.165, 1.54) is 12.1 Å². The van der Waals surface area contributed by atoms with Crippen LogP contribution in [0.4, 0.5) is 14.5 Å². The zero-order chi connectivity index (χ0) is 19.8. The first-order valence-electron chi connectivity index (χ1n) is 7.02. The van der Waals surface area contributed by atoms with Crippen LogP contribution in [-0.4, -0.2) is 29.8 Å². The smallest absolute Gasteiger partial charge is 0.451 e. The molecule has 1 aliphatic heterocycles. The van der Waals surface area contributed by atoms with Crippen molar-refractivity contribution in [2.45, 2.75) is 6.29 Å². The summed E-state index contributed by atoms with van der Waals surface area (Å²) in [6.07, 6.45) is -2.67. The largest absolute Gasteiger partial charge is 0.586 e. The summed E-state index contributed by atoms with van der Waals surface area (Å²) in [4.78, 5) is 27.5. The number of hydrogen-bond acceptors (Lipinski definition) is 6. The number of hydrogen-bond donors (Lipinski definition) is 1. The Labute approximate surface area is 165 Å². The van der Waals surface area contributed by atoms with Gasteiger partial charge in [0, 0.05) is 18.0 Å². The first kappa shape index (κ1) is 19.4. The van der Waals surface area contributed by atoms with Crippen molar-refractivity contribution in [1.82, 2.24) is 4.98 Å². The molecule has 0 radical (unpaired) electrons. The number of esters is 1. The van der Waals surface area contributed by atoms with Crippen LogP contribution < -0.4 is 14.8 Å². The van der Waals surface area contributed by atoms with Gasteiger partial charge in [-0.1, -0.05) is 34.8 Å². The number of pyridine rings is 1. The molecule has 12 heteroatoms. The van der Waals surface area contributed by atoms with E-state index >= 15 is 0 Å². The summed E-state index contributed by atoms with van der Waals surface area (Å²) in [6.45, 7) is -0.693. The predicted octanol–water partition coefficient (Wildman–Crippen LogP) is 4.16. The number of amides is 1. The standard InChI is InChI=1S/C15H7Cl3F2N2O5/c16-7-4-21-13(12(18)11(7)17)14(24)25-5-10(23)22-6-1-2-8-9(3-6)27-15(19,20)26-8/h1-4H,5H2,(H,22,23). The van der Waals surface area contributed by atoms with Crippen LogP contribution in [0.25, 0.3) is 0 Å². The molecular formula is C15H7Cl3F2N2O5. The van der Waals surface area contributed by atoms with Crippen LogP contribution in [0.5, 0.6) is 11.5 Å². The molecule has 0 saturated heterocycles. The maximum Gasteiger partial charge on any atom is 0.586 e. The molecule has 1 aromatic carbocycles. The fourth-order valence-corrected chi connectivity index (χ4v) is 2.57. The maximum atomic E-state index is 13.0. The van der Waals surface area contributed by atoms with Crippen LogP contribution in [0.1, 0.15) is 10.5 Å². The van der Waals surface area contributed by atoms with E-state index in [4.69, 9.17) is 39.5 Å². The van der Waals surface area contributed by atoms with E-state index in [-0.39, 0.29) is 37.9 Å². The molecule has 0 fully saturated rings. The minimum atomic E-state index is -3.77. The number of nitrogens with one attached hydrogen (secondary N) is 1. The fourth-order valence-electron chi connectivity index (χ4n) is 2.01. The normalized spacial score (nSPS) is 14.0. The van der Waals surface area contributed by atoms with Gasteiger partial charge in [-0.15, -0.1) is 8.78 Å². The third-order valence-corrected chi connectivity index (χ3v) is 4.37. The average Bonchev–Trinajstić information content (AvgIpc) is 2.91. The van der Waals surface area contributed by atoms with Gasteiger partial charge in [0.15, 0.2) is 23.8 Å². The molecule has 1 aliphatic rings. The molecule has 27 heavy (non-hydrogen) atoms. The number of benzene rings is 1. The highest BCUT2D eigenvalue weighted by Crippen LogP contribution is 2.42. The van der Waals surface area contributed by atoms with Gasteiger partial charge >= 0.3 is 12.3 Å². The molecule has 1 N–H and O–H groups in total. The van der Waals surface area contributed by atoms with Crippen molar-refractivity contribution in [2.24, 2.45) is 0 Å². The van der Waals surface area contributed by atoms with Gasteiger partial charge in [0.1, 0.15) is 0 Å². The number of carbonyl (C=O) groups is 2. The van der Waals surface area contributed by atoms with Crippen LogP contribution in [-0.2, 0) is 9.53 Å². The summed E-state index contributed by atoms with van der Waals surface area (Å²) >= 11 is 17.4. The number of halogens is 5. The molecule has 0 bridgehead atoms. The van der Waals surface area contributed by atoms with Gasteiger partial charge < -0.3 is 19.5 Å². The number of ether oxygens (including phenoxy) is 3. The number of alkyl halides is 2. The quantitative estimate of drug-likeness (QED) is 0.720. The van der Waals surface area contributed by atoms with Crippen LogP contribution in [0.2, 0.25) is 15.1 Å². The number of rotatable bonds is 4. The van der Waals surface area contributed by atoms with Gasteiger partial charge in [-0.2, -0.15) is 0 Å². The molecule has 2 aromatic rings. The molecule has 2 heterocycles. The molecule has 142 valence electrons. The Morgan fingerprint density at radius 2 is 1.85 bits per heavy atom. The second-order valence-electron chi connectivity index (χ2n) is 5.04. The van der Waals surface area contributed by atoms with Crippen LogP contribution >= 0.6 is 34.8 Å². The van der Waals surface area contributed by atoms with Crippen molar-refractivity contribution in [2.75, 3.05) is 11.9 Å². The number of nitrogens with zero attached hydrogens (tertiary/aromatic N) is 1. The average molecular weight is 440 g/mol. The van der Waals surface area contributed by atoms with Crippen molar-refractivity contribution in [1.29, 1.82) is 0 Å². The van der Waals surface area contributed by atoms with E-state index in [1.807, 2.05) is 0 Å². The highest BCUT2D eigenvalue weighted by atomic mass is 35.5. The SMILES string of the molecule is O=C(COC(=O)c1ncc(Cl)c(Cl)c1Cl)Nc1ccc2c(c1)OC(F)(F)O2. The van der Waals surface area contributed by atoms with Crippen molar-refractivity contribution in [3.8, 4) is 11.5 Å². The molecule has 0 atom stereocenters. The first-order chi connectivity index (χ1) is 12.7. The van der Waals surface area contributed by atoms with E-state index in [0.29, 0.717) is 0 Å². The fraction of sp³-hybridized carbons (Fsp3) is 0.133. The first-order valence-corrected chi connectivity index (χ1v) is 8.16.